The lowest BCUT2D eigenvalue weighted by molar-refractivity contribution is 0.558. The molecule has 0 bridgehead atoms. The fraction of sp³-hybridized carbons (Fsp3) is 0.875. The van der Waals surface area contributed by atoms with Crippen molar-refractivity contribution in [3.8, 4) is 6.07 Å². The topological polar surface area (TPSA) is 57.9 Å². The minimum atomic E-state index is -3.02. The Morgan fingerprint density at radius 3 is 2.17 bits per heavy atom. The Morgan fingerprint density at radius 1 is 1.33 bits per heavy atom. The molecule has 12 heavy (non-hydrogen) atoms. The second-order valence-corrected chi connectivity index (χ2v) is 6.56. The molecule has 0 spiro atoms. The average Bonchev–Trinajstić information content (AvgIpc) is 1.85. The molecular formula is C8H15NO2S. The maximum atomic E-state index is 11.4. The third kappa shape index (κ3) is 3.22. The van der Waals surface area contributed by atoms with Crippen molar-refractivity contribution in [3.63, 3.8) is 0 Å². The SMILES string of the molecule is CC(C)(C)S(=O)(=O)CCCC#N. The summed E-state index contributed by atoms with van der Waals surface area (Å²) >= 11 is 0. The lowest BCUT2D eigenvalue weighted by atomic mass is 10.3. The van der Waals surface area contributed by atoms with Crippen LogP contribution in [0.1, 0.15) is 33.6 Å². The zero-order valence-corrected chi connectivity index (χ0v) is 8.61. The van der Waals surface area contributed by atoms with E-state index >= 15 is 0 Å². The molecule has 0 aromatic heterocycles. The Bertz CT molecular complexity index is 266. The number of nitrogens with zero attached hydrogens (tertiary/aromatic N) is 1. The van der Waals surface area contributed by atoms with Crippen LogP contribution in [0.3, 0.4) is 0 Å². The van der Waals surface area contributed by atoms with Crippen LogP contribution >= 0.6 is 0 Å². The summed E-state index contributed by atoms with van der Waals surface area (Å²) in [5, 5.41) is 8.22. The van der Waals surface area contributed by atoms with E-state index in [2.05, 4.69) is 0 Å². The zero-order chi connectivity index (χ0) is 9.83. The van der Waals surface area contributed by atoms with Gasteiger partial charge < -0.3 is 0 Å². The maximum Gasteiger partial charge on any atom is 0.155 e. The van der Waals surface area contributed by atoms with Crippen molar-refractivity contribution >= 4 is 9.84 Å². The number of unbranched alkanes of at least 4 members (excludes halogenated alkanes) is 1. The number of sulfone groups is 1. The minimum Gasteiger partial charge on any atom is -0.228 e. The summed E-state index contributed by atoms with van der Waals surface area (Å²) in [6, 6.07) is 1.93. The monoisotopic (exact) mass is 189 g/mol. The first-order valence-electron chi connectivity index (χ1n) is 3.90. The Morgan fingerprint density at radius 2 is 1.83 bits per heavy atom. The molecule has 0 aliphatic heterocycles. The van der Waals surface area contributed by atoms with Crippen molar-refractivity contribution in [3.05, 3.63) is 0 Å². The maximum absolute atomic E-state index is 11.4. The summed E-state index contributed by atoms with van der Waals surface area (Å²) < 4.78 is 22.1. The van der Waals surface area contributed by atoms with E-state index in [-0.39, 0.29) is 5.75 Å². The molecule has 0 radical (unpaired) electrons. The van der Waals surface area contributed by atoms with Crippen LogP contribution in [-0.2, 0) is 9.84 Å². The molecular weight excluding hydrogens is 174 g/mol. The molecule has 3 nitrogen and oxygen atoms in total. The fourth-order valence-electron chi connectivity index (χ4n) is 0.647. The lowest BCUT2D eigenvalue weighted by Gasteiger charge is -2.18. The Kier molecular flexibility index (Phi) is 3.72. The molecule has 0 N–H and O–H groups in total. The first-order chi connectivity index (χ1) is 5.31. The second kappa shape index (κ2) is 3.90. The smallest absolute Gasteiger partial charge is 0.155 e. The van der Waals surface area contributed by atoms with Crippen LogP contribution in [0, 0.1) is 11.3 Å². The first kappa shape index (κ1) is 11.4. The van der Waals surface area contributed by atoms with Gasteiger partial charge in [-0.05, 0) is 27.2 Å². The van der Waals surface area contributed by atoms with Gasteiger partial charge in [-0.3, -0.25) is 0 Å². The van der Waals surface area contributed by atoms with Crippen molar-refractivity contribution in [2.45, 2.75) is 38.4 Å². The quantitative estimate of drug-likeness (QED) is 0.632. The second-order valence-electron chi connectivity index (χ2n) is 3.69. The van der Waals surface area contributed by atoms with Gasteiger partial charge in [-0.2, -0.15) is 5.26 Å². The van der Waals surface area contributed by atoms with Gasteiger partial charge in [0.2, 0.25) is 0 Å². The van der Waals surface area contributed by atoms with Gasteiger partial charge in [-0.25, -0.2) is 8.42 Å². The van der Waals surface area contributed by atoms with E-state index in [9.17, 15) is 8.42 Å². The van der Waals surface area contributed by atoms with Crippen LogP contribution in [0.15, 0.2) is 0 Å². The summed E-state index contributed by atoms with van der Waals surface area (Å²) in [4.78, 5) is 0. The van der Waals surface area contributed by atoms with Gasteiger partial charge in [0.05, 0.1) is 16.6 Å². The van der Waals surface area contributed by atoms with Crippen LogP contribution in [0.25, 0.3) is 0 Å². The fourth-order valence-corrected chi connectivity index (χ4v) is 1.78. The highest BCUT2D eigenvalue weighted by molar-refractivity contribution is 7.92. The lowest BCUT2D eigenvalue weighted by Crippen LogP contribution is -2.30. The van der Waals surface area contributed by atoms with Crippen molar-refractivity contribution in [1.82, 2.24) is 0 Å². The zero-order valence-electron chi connectivity index (χ0n) is 7.79. The molecule has 4 heteroatoms. The van der Waals surface area contributed by atoms with E-state index in [4.69, 9.17) is 5.26 Å². The number of rotatable bonds is 3. The highest BCUT2D eigenvalue weighted by atomic mass is 32.2. The molecule has 0 amide bonds. The molecule has 0 aliphatic rings. The van der Waals surface area contributed by atoms with E-state index in [0.29, 0.717) is 12.8 Å². The predicted molar refractivity (Wildman–Crippen MR) is 48.4 cm³/mol. The first-order valence-corrected chi connectivity index (χ1v) is 5.56. The molecule has 0 rings (SSSR count). The summed E-state index contributed by atoms with van der Waals surface area (Å²) in [5.74, 6) is 0.115. The molecule has 0 aliphatic carbocycles. The molecule has 0 saturated heterocycles. The third-order valence-electron chi connectivity index (χ3n) is 1.63. The normalized spacial score (nSPS) is 12.5. The highest BCUT2D eigenvalue weighted by Gasteiger charge is 2.27. The molecule has 0 saturated carbocycles. The van der Waals surface area contributed by atoms with Crippen molar-refractivity contribution in [2.24, 2.45) is 0 Å². The van der Waals surface area contributed by atoms with Gasteiger partial charge in [0, 0.05) is 6.42 Å². The number of hydrogen-bond acceptors (Lipinski definition) is 3. The van der Waals surface area contributed by atoms with Crippen molar-refractivity contribution < 1.29 is 8.42 Å². The summed E-state index contributed by atoms with van der Waals surface area (Å²) in [6.07, 6.45) is 0.755. The number of hydrogen-bond donors (Lipinski definition) is 0. The Balaban J connectivity index is 4.19. The summed E-state index contributed by atoms with van der Waals surface area (Å²) in [5.41, 5.74) is 0. The van der Waals surface area contributed by atoms with Gasteiger partial charge in [-0.1, -0.05) is 0 Å². The van der Waals surface area contributed by atoms with E-state index in [1.54, 1.807) is 20.8 Å². The largest absolute Gasteiger partial charge is 0.228 e. The minimum absolute atomic E-state index is 0.115. The Labute approximate surface area is 74.3 Å². The van der Waals surface area contributed by atoms with E-state index in [1.807, 2.05) is 6.07 Å². The standard InChI is InChI=1S/C8H15NO2S/c1-8(2,3)12(10,11)7-5-4-6-9/h4-5,7H2,1-3H3. The van der Waals surface area contributed by atoms with Crippen LogP contribution in [0.5, 0.6) is 0 Å². The van der Waals surface area contributed by atoms with Crippen LogP contribution in [0.2, 0.25) is 0 Å². The van der Waals surface area contributed by atoms with Crippen molar-refractivity contribution in [2.75, 3.05) is 5.75 Å². The van der Waals surface area contributed by atoms with E-state index in [0.717, 1.165) is 0 Å². The Hall–Kier alpha value is -0.560. The highest BCUT2D eigenvalue weighted by Crippen LogP contribution is 2.16. The van der Waals surface area contributed by atoms with Gasteiger partial charge >= 0.3 is 0 Å². The van der Waals surface area contributed by atoms with Crippen LogP contribution in [0.4, 0.5) is 0 Å². The molecule has 0 aromatic rings. The molecule has 0 heterocycles. The van der Waals surface area contributed by atoms with Crippen LogP contribution < -0.4 is 0 Å². The molecule has 0 fully saturated rings. The van der Waals surface area contributed by atoms with Gasteiger partial charge in [0.15, 0.2) is 9.84 Å². The van der Waals surface area contributed by atoms with Gasteiger partial charge in [0.1, 0.15) is 0 Å². The van der Waals surface area contributed by atoms with Gasteiger partial charge in [0.25, 0.3) is 0 Å². The van der Waals surface area contributed by atoms with E-state index < -0.39 is 14.6 Å². The molecule has 0 aromatic carbocycles. The molecule has 0 atom stereocenters. The summed E-state index contributed by atoms with van der Waals surface area (Å²) in [6.45, 7) is 5.03. The van der Waals surface area contributed by atoms with Crippen LogP contribution in [-0.4, -0.2) is 18.9 Å². The molecule has 0 unspecified atom stereocenters. The summed E-state index contributed by atoms with van der Waals surface area (Å²) in [7, 11) is -3.02. The average molecular weight is 189 g/mol. The van der Waals surface area contributed by atoms with Gasteiger partial charge in [-0.15, -0.1) is 0 Å². The number of nitriles is 1. The molecule has 70 valence electrons. The third-order valence-corrected chi connectivity index (χ3v) is 4.33. The van der Waals surface area contributed by atoms with Crippen molar-refractivity contribution in [1.29, 1.82) is 5.26 Å². The van der Waals surface area contributed by atoms with E-state index in [1.165, 1.54) is 0 Å². The predicted octanol–water partition coefficient (Wildman–Crippen LogP) is 1.50.